The van der Waals surface area contributed by atoms with Gasteiger partial charge in [-0.05, 0) is 45.2 Å². The molecule has 2 amide bonds. The van der Waals surface area contributed by atoms with Crippen molar-refractivity contribution in [2.45, 2.75) is 64.5 Å². The van der Waals surface area contributed by atoms with Crippen molar-refractivity contribution in [1.29, 1.82) is 0 Å². The summed E-state index contributed by atoms with van der Waals surface area (Å²) in [6.07, 6.45) is 0.891. The van der Waals surface area contributed by atoms with Gasteiger partial charge in [0.05, 0.1) is 0 Å². The molecule has 0 aromatic heterocycles. The third kappa shape index (κ3) is 4.96. The molecule has 1 N–H and O–H groups in total. The lowest BCUT2D eigenvalue weighted by molar-refractivity contribution is -0.125. The smallest absolute Gasteiger partial charge is 0.410 e. The Morgan fingerprint density at radius 3 is 2.50 bits per heavy atom. The maximum absolute atomic E-state index is 14.1. The summed E-state index contributed by atoms with van der Waals surface area (Å²) < 4.78 is 19.4. The zero-order valence-electron chi connectivity index (χ0n) is 16.3. The van der Waals surface area contributed by atoms with Gasteiger partial charge in [-0.15, -0.1) is 0 Å². The fraction of sp³-hybridized carbons (Fsp3) is 0.600. The first-order valence-corrected chi connectivity index (χ1v) is 9.03. The fourth-order valence-corrected chi connectivity index (χ4v) is 3.11. The molecule has 1 fully saturated rings. The highest BCUT2D eigenvalue weighted by Gasteiger charge is 2.37. The van der Waals surface area contributed by atoms with Gasteiger partial charge in [-0.3, -0.25) is 9.69 Å². The van der Waals surface area contributed by atoms with E-state index in [-0.39, 0.29) is 18.3 Å². The minimum atomic E-state index is -0.604. The van der Waals surface area contributed by atoms with Crippen LogP contribution in [0.25, 0.3) is 0 Å². The van der Waals surface area contributed by atoms with Gasteiger partial charge < -0.3 is 10.1 Å². The van der Waals surface area contributed by atoms with E-state index in [4.69, 9.17) is 4.74 Å². The number of hydrogen-bond acceptors (Lipinski definition) is 3. The van der Waals surface area contributed by atoms with E-state index in [2.05, 4.69) is 5.32 Å². The van der Waals surface area contributed by atoms with E-state index in [9.17, 15) is 14.0 Å². The molecule has 6 heteroatoms. The lowest BCUT2D eigenvalue weighted by Gasteiger charge is -2.30. The number of carbonyl (C=O) groups excluding carboxylic acids is 2. The van der Waals surface area contributed by atoms with Crippen LogP contribution in [0.2, 0.25) is 0 Å². The summed E-state index contributed by atoms with van der Waals surface area (Å²) in [7, 11) is 0. The first kappa shape index (κ1) is 20.2. The highest BCUT2D eigenvalue weighted by atomic mass is 19.1. The van der Waals surface area contributed by atoms with Gasteiger partial charge in [0.1, 0.15) is 17.5 Å². The summed E-state index contributed by atoms with van der Waals surface area (Å²) in [6, 6.07) is 6.03. The first-order chi connectivity index (χ1) is 12.0. The highest BCUT2D eigenvalue weighted by molar-refractivity contribution is 5.86. The molecule has 1 aromatic carbocycles. The Balaban J connectivity index is 2.00. The van der Waals surface area contributed by atoms with Crippen LogP contribution >= 0.6 is 0 Å². The lowest BCUT2D eigenvalue weighted by Crippen LogP contribution is -2.49. The largest absolute Gasteiger partial charge is 0.444 e. The van der Waals surface area contributed by atoms with Crippen LogP contribution in [0.4, 0.5) is 9.18 Å². The molecule has 1 aliphatic heterocycles. The molecule has 5 nitrogen and oxygen atoms in total. The third-order valence-corrected chi connectivity index (χ3v) is 4.49. The molecule has 1 aromatic rings. The Morgan fingerprint density at radius 2 is 1.88 bits per heavy atom. The number of nitrogens with one attached hydrogen (secondary N) is 1. The second-order valence-electron chi connectivity index (χ2n) is 8.41. The van der Waals surface area contributed by atoms with Crippen LogP contribution in [0.15, 0.2) is 24.3 Å². The van der Waals surface area contributed by atoms with Crippen molar-refractivity contribution in [3.8, 4) is 0 Å². The van der Waals surface area contributed by atoms with Gasteiger partial charge in [0.25, 0.3) is 0 Å². The summed E-state index contributed by atoms with van der Waals surface area (Å²) in [5.41, 5.74) is -0.611. The molecule has 0 radical (unpaired) electrons. The average Bonchev–Trinajstić information content (AvgIpc) is 3.01. The Kier molecular flexibility index (Phi) is 5.94. The van der Waals surface area contributed by atoms with E-state index in [1.54, 1.807) is 39.0 Å². The van der Waals surface area contributed by atoms with Crippen LogP contribution in [0.5, 0.6) is 0 Å². The van der Waals surface area contributed by atoms with Gasteiger partial charge in [-0.25, -0.2) is 9.18 Å². The van der Waals surface area contributed by atoms with Gasteiger partial charge in [0.15, 0.2) is 0 Å². The van der Waals surface area contributed by atoms with E-state index in [0.717, 1.165) is 6.42 Å². The molecule has 0 saturated carbocycles. The number of nitrogens with zero attached hydrogens (tertiary/aromatic N) is 1. The second-order valence-corrected chi connectivity index (χ2v) is 8.41. The van der Waals surface area contributed by atoms with Crippen molar-refractivity contribution in [1.82, 2.24) is 10.2 Å². The molecule has 26 heavy (non-hydrogen) atoms. The second kappa shape index (κ2) is 7.64. The first-order valence-electron chi connectivity index (χ1n) is 9.03. The third-order valence-electron chi connectivity index (χ3n) is 4.49. The molecule has 0 aliphatic carbocycles. The van der Waals surface area contributed by atoms with Crippen molar-refractivity contribution < 1.29 is 18.7 Å². The van der Waals surface area contributed by atoms with Gasteiger partial charge in [-0.1, -0.05) is 32.0 Å². The zero-order chi connectivity index (χ0) is 19.5. The van der Waals surface area contributed by atoms with Crippen molar-refractivity contribution in [2.75, 3.05) is 13.1 Å². The van der Waals surface area contributed by atoms with Crippen LogP contribution < -0.4 is 5.32 Å². The fourth-order valence-electron chi connectivity index (χ4n) is 3.11. The van der Waals surface area contributed by atoms with Crippen LogP contribution in [0.3, 0.4) is 0 Å². The number of benzene rings is 1. The number of amides is 2. The van der Waals surface area contributed by atoms with Gasteiger partial charge in [0.2, 0.25) is 5.91 Å². The predicted molar refractivity (Wildman–Crippen MR) is 98.4 cm³/mol. The zero-order valence-corrected chi connectivity index (χ0v) is 16.3. The van der Waals surface area contributed by atoms with Gasteiger partial charge in [0, 0.05) is 18.5 Å². The van der Waals surface area contributed by atoms with Crippen LogP contribution in [0, 0.1) is 5.82 Å². The highest BCUT2D eigenvalue weighted by Crippen LogP contribution is 2.26. The Labute approximate surface area is 154 Å². The maximum Gasteiger partial charge on any atom is 0.410 e. The minimum absolute atomic E-state index is 0.224. The molecular weight excluding hydrogens is 335 g/mol. The number of likely N-dealkylation sites (tertiary alicyclic amines) is 1. The van der Waals surface area contributed by atoms with Crippen molar-refractivity contribution in [2.24, 2.45) is 0 Å². The summed E-state index contributed by atoms with van der Waals surface area (Å²) in [4.78, 5) is 26.4. The molecule has 1 aliphatic rings. The number of halogens is 1. The van der Waals surface area contributed by atoms with Crippen LogP contribution in [-0.4, -0.2) is 41.6 Å². The Morgan fingerprint density at radius 1 is 1.23 bits per heavy atom. The number of rotatable bonds is 4. The average molecular weight is 364 g/mol. The summed E-state index contributed by atoms with van der Waals surface area (Å²) in [6.45, 7) is 9.94. The molecular formula is C20H29FN2O3. The van der Waals surface area contributed by atoms with Crippen LogP contribution in [0.1, 0.15) is 53.0 Å². The Bertz CT molecular complexity index is 667. The minimum Gasteiger partial charge on any atom is -0.444 e. The number of ether oxygens (including phenoxy) is 1. The molecule has 1 heterocycles. The molecule has 144 valence electrons. The van der Waals surface area contributed by atoms with E-state index in [0.29, 0.717) is 18.5 Å². The molecule has 2 rings (SSSR count). The SMILES string of the molecule is CC(C)(C)OC(=O)N1CCC[C@H]1C(=O)NCC(C)(C)c1ccccc1F. The van der Waals surface area contributed by atoms with E-state index in [1.165, 1.54) is 11.0 Å². The van der Waals surface area contributed by atoms with E-state index in [1.807, 2.05) is 13.8 Å². The quantitative estimate of drug-likeness (QED) is 0.888. The maximum atomic E-state index is 14.1. The standard InChI is InChI=1S/C20H29FN2O3/c1-19(2,3)26-18(25)23-12-8-11-16(23)17(24)22-13-20(4,5)14-9-6-7-10-15(14)21/h6-7,9-10,16H,8,11-13H2,1-5H3,(H,22,24)/t16-/m0/s1. The summed E-state index contributed by atoms with van der Waals surface area (Å²) >= 11 is 0. The van der Waals surface area contributed by atoms with Crippen molar-refractivity contribution in [3.05, 3.63) is 35.6 Å². The molecule has 0 unspecified atom stereocenters. The summed E-state index contributed by atoms with van der Waals surface area (Å²) in [5, 5.41) is 2.88. The van der Waals surface area contributed by atoms with E-state index >= 15 is 0 Å². The van der Waals surface area contributed by atoms with Crippen molar-refractivity contribution >= 4 is 12.0 Å². The predicted octanol–water partition coefficient (Wildman–Crippen LogP) is 3.62. The van der Waals surface area contributed by atoms with Crippen molar-refractivity contribution in [3.63, 3.8) is 0 Å². The molecule has 0 bridgehead atoms. The summed E-state index contributed by atoms with van der Waals surface area (Å²) in [5.74, 6) is -0.513. The topological polar surface area (TPSA) is 58.6 Å². The van der Waals surface area contributed by atoms with Gasteiger partial charge in [-0.2, -0.15) is 0 Å². The normalized spacial score (nSPS) is 17.9. The molecule has 1 atom stereocenters. The molecule has 1 saturated heterocycles. The Hall–Kier alpha value is -2.11. The van der Waals surface area contributed by atoms with E-state index < -0.39 is 23.2 Å². The number of carbonyl (C=O) groups is 2. The van der Waals surface area contributed by atoms with Crippen LogP contribution in [-0.2, 0) is 14.9 Å². The molecule has 0 spiro atoms. The number of hydrogen-bond donors (Lipinski definition) is 1. The lowest BCUT2D eigenvalue weighted by atomic mass is 9.84. The monoisotopic (exact) mass is 364 g/mol. The van der Waals surface area contributed by atoms with Gasteiger partial charge >= 0.3 is 6.09 Å².